The van der Waals surface area contributed by atoms with Gasteiger partial charge in [0.05, 0.1) is 0 Å². The van der Waals surface area contributed by atoms with Gasteiger partial charge in [-0.1, -0.05) is 74.2 Å². The molecular weight excluding hydrogens is 272 g/mol. The Morgan fingerprint density at radius 2 is 1.50 bits per heavy atom. The smallest absolute Gasteiger partial charge is 0.238 e. The van der Waals surface area contributed by atoms with Crippen LogP contribution in [0.3, 0.4) is 0 Å². The SMILES string of the molecule is C=C1O[C@@]2(c3ccccc3)C[C@H](C)C[C@]1(c1ccccc1)O2. The highest BCUT2D eigenvalue weighted by Gasteiger charge is 2.60. The van der Waals surface area contributed by atoms with Crippen LogP contribution in [0.25, 0.3) is 0 Å². The Kier molecular flexibility index (Phi) is 2.92. The van der Waals surface area contributed by atoms with Gasteiger partial charge in [-0.15, -0.1) is 0 Å². The first-order valence-electron chi connectivity index (χ1n) is 7.84. The molecular formula is C20H20O2. The Bertz CT molecular complexity index is 694. The van der Waals surface area contributed by atoms with Crippen molar-refractivity contribution in [2.24, 2.45) is 5.92 Å². The van der Waals surface area contributed by atoms with Gasteiger partial charge in [0.25, 0.3) is 0 Å². The molecule has 112 valence electrons. The minimum atomic E-state index is -0.703. The fourth-order valence-corrected chi connectivity index (χ4v) is 3.87. The van der Waals surface area contributed by atoms with E-state index in [1.54, 1.807) is 0 Å². The molecule has 4 rings (SSSR count). The lowest BCUT2D eigenvalue weighted by Crippen LogP contribution is -2.40. The molecule has 0 radical (unpaired) electrons. The Morgan fingerprint density at radius 1 is 0.909 bits per heavy atom. The van der Waals surface area contributed by atoms with Gasteiger partial charge in [-0.2, -0.15) is 0 Å². The minimum absolute atomic E-state index is 0.494. The summed E-state index contributed by atoms with van der Waals surface area (Å²) in [4.78, 5) is 0. The molecule has 2 heterocycles. The highest BCUT2D eigenvalue weighted by atomic mass is 16.8. The molecule has 2 saturated heterocycles. The fourth-order valence-electron chi connectivity index (χ4n) is 3.87. The number of hydrogen-bond donors (Lipinski definition) is 0. The van der Waals surface area contributed by atoms with E-state index >= 15 is 0 Å². The molecule has 0 amide bonds. The summed E-state index contributed by atoms with van der Waals surface area (Å²) in [5, 5.41) is 0. The summed E-state index contributed by atoms with van der Waals surface area (Å²) in [6.07, 6.45) is 1.76. The van der Waals surface area contributed by atoms with E-state index in [4.69, 9.17) is 9.47 Å². The summed E-state index contributed by atoms with van der Waals surface area (Å²) >= 11 is 0. The van der Waals surface area contributed by atoms with Gasteiger partial charge in [0.2, 0.25) is 5.79 Å². The van der Waals surface area contributed by atoms with Crippen molar-refractivity contribution >= 4 is 0 Å². The van der Waals surface area contributed by atoms with Crippen LogP contribution in [0.1, 0.15) is 30.9 Å². The van der Waals surface area contributed by atoms with Gasteiger partial charge >= 0.3 is 0 Å². The molecule has 22 heavy (non-hydrogen) atoms. The third-order valence-corrected chi connectivity index (χ3v) is 4.78. The molecule has 0 saturated carbocycles. The Morgan fingerprint density at radius 3 is 2.14 bits per heavy atom. The van der Waals surface area contributed by atoms with Crippen molar-refractivity contribution in [3.8, 4) is 0 Å². The van der Waals surface area contributed by atoms with Crippen molar-refractivity contribution in [2.75, 3.05) is 0 Å². The fraction of sp³-hybridized carbons (Fsp3) is 0.300. The van der Waals surface area contributed by atoms with Crippen LogP contribution in [-0.2, 0) is 20.9 Å². The Hall–Kier alpha value is -2.06. The van der Waals surface area contributed by atoms with Crippen LogP contribution in [0.2, 0.25) is 0 Å². The second-order valence-corrected chi connectivity index (χ2v) is 6.45. The molecule has 2 bridgehead atoms. The van der Waals surface area contributed by atoms with Crippen molar-refractivity contribution in [3.63, 3.8) is 0 Å². The number of fused-ring (bicyclic) bond motifs is 2. The zero-order chi connectivity index (χ0) is 15.2. The van der Waals surface area contributed by atoms with Gasteiger partial charge in [-0.05, 0) is 17.9 Å². The number of hydrogen-bond acceptors (Lipinski definition) is 2. The molecule has 2 nitrogen and oxygen atoms in total. The molecule has 3 atom stereocenters. The molecule has 2 aromatic carbocycles. The maximum Gasteiger partial charge on any atom is 0.238 e. The molecule has 2 aliphatic heterocycles. The average molecular weight is 292 g/mol. The summed E-state index contributed by atoms with van der Waals surface area (Å²) < 4.78 is 12.9. The van der Waals surface area contributed by atoms with Gasteiger partial charge in [-0.3, -0.25) is 0 Å². The van der Waals surface area contributed by atoms with E-state index in [9.17, 15) is 0 Å². The van der Waals surface area contributed by atoms with Crippen LogP contribution in [0, 0.1) is 5.92 Å². The zero-order valence-corrected chi connectivity index (χ0v) is 12.8. The first kappa shape index (κ1) is 13.6. The van der Waals surface area contributed by atoms with Crippen LogP contribution in [0.15, 0.2) is 73.0 Å². The maximum absolute atomic E-state index is 6.61. The monoisotopic (exact) mass is 292 g/mol. The van der Waals surface area contributed by atoms with E-state index in [0.29, 0.717) is 5.92 Å². The molecule has 0 aliphatic carbocycles. The number of rotatable bonds is 2. The molecule has 2 heteroatoms. The van der Waals surface area contributed by atoms with E-state index in [1.165, 1.54) is 0 Å². The van der Waals surface area contributed by atoms with Gasteiger partial charge in [-0.25, -0.2) is 0 Å². The minimum Gasteiger partial charge on any atom is -0.459 e. The summed E-state index contributed by atoms with van der Waals surface area (Å²) in [6, 6.07) is 20.5. The van der Waals surface area contributed by atoms with Crippen molar-refractivity contribution < 1.29 is 9.47 Å². The van der Waals surface area contributed by atoms with E-state index in [0.717, 1.165) is 29.7 Å². The molecule has 2 aliphatic rings. The summed E-state index contributed by atoms with van der Waals surface area (Å²) in [7, 11) is 0. The highest BCUT2D eigenvalue weighted by Crippen LogP contribution is 2.59. The third kappa shape index (κ3) is 1.84. The van der Waals surface area contributed by atoms with Crippen LogP contribution < -0.4 is 0 Å². The maximum atomic E-state index is 6.61. The second kappa shape index (κ2) is 4.72. The van der Waals surface area contributed by atoms with Crippen molar-refractivity contribution in [1.82, 2.24) is 0 Å². The first-order chi connectivity index (χ1) is 10.6. The van der Waals surface area contributed by atoms with Crippen molar-refractivity contribution in [3.05, 3.63) is 84.1 Å². The predicted molar refractivity (Wildman–Crippen MR) is 85.9 cm³/mol. The Balaban J connectivity index is 1.84. The predicted octanol–water partition coefficient (Wildman–Crippen LogP) is 4.73. The molecule has 0 N–H and O–H groups in total. The van der Waals surface area contributed by atoms with E-state index < -0.39 is 11.4 Å². The van der Waals surface area contributed by atoms with Crippen LogP contribution >= 0.6 is 0 Å². The third-order valence-electron chi connectivity index (χ3n) is 4.78. The van der Waals surface area contributed by atoms with Gasteiger partial charge in [0.15, 0.2) is 5.60 Å². The quantitative estimate of drug-likeness (QED) is 0.797. The van der Waals surface area contributed by atoms with Crippen LogP contribution in [-0.4, -0.2) is 0 Å². The number of ether oxygens (including phenoxy) is 2. The number of benzene rings is 2. The summed E-state index contributed by atoms with van der Waals surface area (Å²) in [6.45, 7) is 6.47. The van der Waals surface area contributed by atoms with Gasteiger partial charge in [0, 0.05) is 12.0 Å². The van der Waals surface area contributed by atoms with Crippen LogP contribution in [0.4, 0.5) is 0 Å². The topological polar surface area (TPSA) is 18.5 Å². The standard InChI is InChI=1S/C20H20O2/c1-15-13-19(17-9-5-3-6-10-17)16(2)21-20(14-15,22-19)18-11-7-4-8-12-18/h3-12,15H,2,13-14H2,1H3/t15-,19+,20+/m1/s1. The summed E-state index contributed by atoms with van der Waals surface area (Å²) in [5.74, 6) is 0.520. The van der Waals surface area contributed by atoms with E-state index in [2.05, 4.69) is 37.8 Å². The largest absolute Gasteiger partial charge is 0.459 e. The van der Waals surface area contributed by atoms with Gasteiger partial charge in [0.1, 0.15) is 5.76 Å². The summed E-state index contributed by atoms with van der Waals surface area (Å²) in [5.41, 5.74) is 1.67. The molecule has 2 aromatic rings. The lowest BCUT2D eigenvalue weighted by Gasteiger charge is -2.40. The van der Waals surface area contributed by atoms with E-state index in [-0.39, 0.29) is 0 Å². The normalized spacial score (nSPS) is 33.5. The lowest BCUT2D eigenvalue weighted by atomic mass is 9.79. The van der Waals surface area contributed by atoms with E-state index in [1.807, 2.05) is 36.4 Å². The highest BCUT2D eigenvalue weighted by molar-refractivity contribution is 5.36. The lowest BCUT2D eigenvalue weighted by molar-refractivity contribution is -0.234. The van der Waals surface area contributed by atoms with Crippen molar-refractivity contribution in [1.29, 1.82) is 0 Å². The average Bonchev–Trinajstić information content (AvgIpc) is 2.77. The molecule has 0 aromatic heterocycles. The Labute approximate surface area is 131 Å². The molecule has 0 unspecified atom stereocenters. The van der Waals surface area contributed by atoms with Gasteiger partial charge < -0.3 is 9.47 Å². The zero-order valence-electron chi connectivity index (χ0n) is 12.8. The van der Waals surface area contributed by atoms with Crippen LogP contribution in [0.5, 0.6) is 0 Å². The second-order valence-electron chi connectivity index (χ2n) is 6.45. The van der Waals surface area contributed by atoms with Crippen molar-refractivity contribution in [2.45, 2.75) is 31.2 Å². The molecule has 2 fully saturated rings. The molecule has 0 spiro atoms. The first-order valence-corrected chi connectivity index (χ1v) is 7.84.